The van der Waals surface area contributed by atoms with E-state index >= 15 is 0 Å². The van der Waals surface area contributed by atoms with E-state index in [1.807, 2.05) is 6.07 Å². The van der Waals surface area contributed by atoms with Crippen LogP contribution in [0, 0.1) is 0 Å². The van der Waals surface area contributed by atoms with Crippen molar-refractivity contribution in [2.45, 2.75) is 6.42 Å². The Morgan fingerprint density at radius 3 is 2.42 bits per heavy atom. The summed E-state index contributed by atoms with van der Waals surface area (Å²) in [5.41, 5.74) is 2.82. The molecule has 2 aromatic carbocycles. The van der Waals surface area contributed by atoms with Crippen LogP contribution in [0.25, 0.3) is 6.08 Å². The molecule has 0 unspecified atom stereocenters. The van der Waals surface area contributed by atoms with Crippen molar-refractivity contribution in [2.24, 2.45) is 0 Å². The van der Waals surface area contributed by atoms with Crippen LogP contribution < -0.4 is 14.2 Å². The second-order valence-corrected chi connectivity index (χ2v) is 5.44. The highest BCUT2D eigenvalue weighted by Crippen LogP contribution is 2.41. The molecular weight excluding hydrogens is 308 g/mol. The molecule has 1 aliphatic rings. The van der Waals surface area contributed by atoms with Gasteiger partial charge in [0.05, 0.1) is 21.3 Å². The average Bonchev–Trinajstić information content (AvgIpc) is 2.90. The summed E-state index contributed by atoms with van der Waals surface area (Å²) >= 11 is 0. The molecule has 0 fully saturated rings. The number of allylic oxidation sites excluding steroid dienone is 1. The molecular formula is C19H18O5. The zero-order chi connectivity index (χ0) is 17.3. The molecule has 5 nitrogen and oxygen atoms in total. The maximum atomic E-state index is 12.6. The highest BCUT2D eigenvalue weighted by molar-refractivity contribution is 6.15. The molecule has 5 heteroatoms. The third-order valence-electron chi connectivity index (χ3n) is 4.07. The number of phenolic OH excluding ortho intramolecular Hbond substituents is 1. The van der Waals surface area contributed by atoms with Crippen LogP contribution in [0.1, 0.15) is 21.5 Å². The smallest absolute Gasteiger partial charge is 0.203 e. The van der Waals surface area contributed by atoms with Gasteiger partial charge in [-0.25, -0.2) is 0 Å². The summed E-state index contributed by atoms with van der Waals surface area (Å²) in [5, 5.41) is 9.58. The van der Waals surface area contributed by atoms with Gasteiger partial charge in [0.1, 0.15) is 5.75 Å². The first-order valence-electron chi connectivity index (χ1n) is 7.45. The van der Waals surface area contributed by atoms with Gasteiger partial charge in [0.15, 0.2) is 17.3 Å². The molecule has 24 heavy (non-hydrogen) atoms. The van der Waals surface area contributed by atoms with Crippen LogP contribution in [0.3, 0.4) is 0 Å². The summed E-state index contributed by atoms with van der Waals surface area (Å²) in [6, 6.07) is 8.46. The van der Waals surface area contributed by atoms with Crippen LogP contribution in [0.5, 0.6) is 23.0 Å². The SMILES string of the molecule is COc1ccc(C=C2Cc3ccc(O)cc3C2=O)c(OC)c1OC. The van der Waals surface area contributed by atoms with Crippen LogP contribution in [0.15, 0.2) is 35.9 Å². The lowest BCUT2D eigenvalue weighted by molar-refractivity contribution is 0.104. The van der Waals surface area contributed by atoms with Gasteiger partial charge in [0.2, 0.25) is 5.75 Å². The van der Waals surface area contributed by atoms with Crippen molar-refractivity contribution in [1.82, 2.24) is 0 Å². The van der Waals surface area contributed by atoms with Crippen molar-refractivity contribution in [3.8, 4) is 23.0 Å². The number of methoxy groups -OCH3 is 3. The van der Waals surface area contributed by atoms with Gasteiger partial charge in [-0.15, -0.1) is 0 Å². The van der Waals surface area contributed by atoms with Crippen LogP contribution in [-0.4, -0.2) is 32.2 Å². The second-order valence-electron chi connectivity index (χ2n) is 5.44. The third kappa shape index (κ3) is 2.58. The van der Waals surface area contributed by atoms with E-state index in [0.717, 1.165) is 11.1 Å². The van der Waals surface area contributed by atoms with E-state index in [-0.39, 0.29) is 11.5 Å². The molecule has 0 spiro atoms. The Morgan fingerprint density at radius 2 is 1.75 bits per heavy atom. The van der Waals surface area contributed by atoms with E-state index in [1.165, 1.54) is 13.2 Å². The Morgan fingerprint density at radius 1 is 1.00 bits per heavy atom. The lowest BCUT2D eigenvalue weighted by Crippen LogP contribution is -1.99. The number of hydrogen-bond acceptors (Lipinski definition) is 5. The molecule has 124 valence electrons. The molecule has 0 atom stereocenters. The van der Waals surface area contributed by atoms with Crippen LogP contribution in [0.2, 0.25) is 0 Å². The summed E-state index contributed by atoms with van der Waals surface area (Å²) in [6.45, 7) is 0. The molecule has 0 amide bonds. The van der Waals surface area contributed by atoms with E-state index < -0.39 is 0 Å². The van der Waals surface area contributed by atoms with Gasteiger partial charge in [-0.2, -0.15) is 0 Å². The molecule has 2 aromatic rings. The maximum Gasteiger partial charge on any atom is 0.203 e. The molecule has 0 bridgehead atoms. The third-order valence-corrected chi connectivity index (χ3v) is 4.07. The fourth-order valence-electron chi connectivity index (χ4n) is 2.93. The number of carbonyl (C=O) groups is 1. The maximum absolute atomic E-state index is 12.6. The second kappa shape index (κ2) is 6.28. The number of fused-ring (bicyclic) bond motifs is 1. The topological polar surface area (TPSA) is 65.0 Å². The first-order chi connectivity index (χ1) is 11.6. The van der Waals surface area contributed by atoms with Crippen molar-refractivity contribution in [2.75, 3.05) is 21.3 Å². The predicted octanol–water partition coefficient (Wildman–Crippen LogP) is 3.24. The van der Waals surface area contributed by atoms with Gasteiger partial charge < -0.3 is 19.3 Å². The molecule has 1 aliphatic carbocycles. The fraction of sp³-hybridized carbons (Fsp3) is 0.211. The zero-order valence-corrected chi connectivity index (χ0v) is 13.8. The molecule has 0 aliphatic heterocycles. The molecule has 0 aromatic heterocycles. The lowest BCUT2D eigenvalue weighted by atomic mass is 10.1. The van der Waals surface area contributed by atoms with Crippen molar-refractivity contribution in [3.05, 3.63) is 52.6 Å². The van der Waals surface area contributed by atoms with Gasteiger partial charge in [0.25, 0.3) is 0 Å². The van der Waals surface area contributed by atoms with Gasteiger partial charge in [0, 0.05) is 23.1 Å². The summed E-state index contributed by atoms with van der Waals surface area (Å²) in [4.78, 5) is 12.6. The number of aromatic hydroxyl groups is 1. The summed E-state index contributed by atoms with van der Waals surface area (Å²) in [7, 11) is 4.64. The highest BCUT2D eigenvalue weighted by atomic mass is 16.5. The standard InChI is InChI=1S/C19H18O5/c1-22-16-7-5-12(18(23-2)19(16)24-3)9-13-8-11-4-6-14(20)10-15(11)17(13)21/h4-7,9-10,20H,8H2,1-3H3. The Balaban J connectivity index is 2.06. The summed E-state index contributed by atoms with van der Waals surface area (Å²) in [6.07, 6.45) is 2.31. The summed E-state index contributed by atoms with van der Waals surface area (Å²) in [5.74, 6) is 1.55. The molecule has 0 saturated heterocycles. The largest absolute Gasteiger partial charge is 0.508 e. The summed E-state index contributed by atoms with van der Waals surface area (Å²) < 4.78 is 16.1. The number of carbonyl (C=O) groups excluding carboxylic acids is 1. The molecule has 0 heterocycles. The molecule has 0 saturated carbocycles. The number of ketones is 1. The van der Waals surface area contributed by atoms with Crippen molar-refractivity contribution in [3.63, 3.8) is 0 Å². The number of Topliss-reactive ketones (excluding diaryl/α,β-unsaturated/α-hetero) is 1. The minimum absolute atomic E-state index is 0.0854. The van der Waals surface area contributed by atoms with Crippen LogP contribution >= 0.6 is 0 Å². The minimum atomic E-state index is -0.0854. The lowest BCUT2D eigenvalue weighted by Gasteiger charge is -2.14. The van der Waals surface area contributed by atoms with Crippen molar-refractivity contribution >= 4 is 11.9 Å². The number of benzene rings is 2. The zero-order valence-electron chi connectivity index (χ0n) is 13.8. The number of rotatable bonds is 4. The first kappa shape index (κ1) is 15.9. The van der Waals surface area contributed by atoms with E-state index in [0.29, 0.717) is 34.8 Å². The van der Waals surface area contributed by atoms with Crippen LogP contribution in [-0.2, 0) is 6.42 Å². The van der Waals surface area contributed by atoms with E-state index in [9.17, 15) is 9.90 Å². The quantitative estimate of drug-likeness (QED) is 0.874. The van der Waals surface area contributed by atoms with Gasteiger partial charge in [-0.1, -0.05) is 6.07 Å². The molecule has 0 radical (unpaired) electrons. The van der Waals surface area contributed by atoms with Gasteiger partial charge >= 0.3 is 0 Å². The van der Waals surface area contributed by atoms with Crippen molar-refractivity contribution < 1.29 is 24.1 Å². The van der Waals surface area contributed by atoms with Crippen molar-refractivity contribution in [1.29, 1.82) is 0 Å². The normalized spacial score (nSPS) is 14.6. The molecule has 1 N–H and O–H groups in total. The van der Waals surface area contributed by atoms with E-state index in [2.05, 4.69) is 0 Å². The Bertz CT molecular complexity index is 836. The Labute approximate surface area is 140 Å². The van der Waals surface area contributed by atoms with E-state index in [1.54, 1.807) is 38.5 Å². The highest BCUT2D eigenvalue weighted by Gasteiger charge is 2.26. The average molecular weight is 326 g/mol. The monoisotopic (exact) mass is 326 g/mol. The van der Waals surface area contributed by atoms with Gasteiger partial charge in [-0.05, 0) is 35.9 Å². The Kier molecular flexibility index (Phi) is 4.16. The number of phenols is 1. The first-order valence-corrected chi connectivity index (χ1v) is 7.45. The van der Waals surface area contributed by atoms with Gasteiger partial charge in [-0.3, -0.25) is 4.79 Å². The Hall–Kier alpha value is -2.95. The minimum Gasteiger partial charge on any atom is -0.508 e. The molecule has 3 rings (SSSR count). The number of ether oxygens (including phenoxy) is 3. The number of hydrogen-bond donors (Lipinski definition) is 1. The fourth-order valence-corrected chi connectivity index (χ4v) is 2.93. The van der Waals surface area contributed by atoms with E-state index in [4.69, 9.17) is 14.2 Å². The van der Waals surface area contributed by atoms with Crippen LogP contribution in [0.4, 0.5) is 0 Å². The predicted molar refractivity (Wildman–Crippen MR) is 90.2 cm³/mol.